The first-order chi connectivity index (χ1) is 13.0. The number of rotatable bonds is 5. The fourth-order valence-electron chi connectivity index (χ4n) is 3.55. The predicted molar refractivity (Wildman–Crippen MR) is 106 cm³/mol. The molecule has 1 N–H and O–H groups in total. The van der Waals surface area contributed by atoms with E-state index in [1.165, 1.54) is 17.7 Å². The van der Waals surface area contributed by atoms with Gasteiger partial charge in [0.1, 0.15) is 11.6 Å². The lowest BCUT2D eigenvalue weighted by molar-refractivity contribution is 0.320. The second-order valence-corrected chi connectivity index (χ2v) is 8.47. The van der Waals surface area contributed by atoms with Crippen LogP contribution >= 0.6 is 11.9 Å². The Morgan fingerprint density at radius 1 is 1.30 bits per heavy atom. The van der Waals surface area contributed by atoms with E-state index in [-0.39, 0.29) is 5.56 Å². The van der Waals surface area contributed by atoms with Gasteiger partial charge in [-0.1, -0.05) is 30.2 Å². The summed E-state index contributed by atoms with van der Waals surface area (Å²) in [5.74, 6) is -0.907. The van der Waals surface area contributed by atoms with Gasteiger partial charge < -0.3 is 5.32 Å². The van der Waals surface area contributed by atoms with Gasteiger partial charge in [0.15, 0.2) is 6.19 Å². The molecule has 2 aliphatic rings. The van der Waals surface area contributed by atoms with E-state index < -0.39 is 17.7 Å². The molecule has 27 heavy (non-hydrogen) atoms. The molecule has 1 heterocycles. The number of allylic oxidation sites excluding steroid dienone is 3. The third-order valence-corrected chi connectivity index (χ3v) is 6.76. The minimum atomic E-state index is -0.559. The minimum absolute atomic E-state index is 0.174. The zero-order valence-corrected chi connectivity index (χ0v) is 16.5. The lowest BCUT2D eigenvalue weighted by atomic mass is 9.99. The van der Waals surface area contributed by atoms with Gasteiger partial charge in [0.2, 0.25) is 0 Å². The van der Waals surface area contributed by atoms with E-state index in [1.54, 1.807) is 25.1 Å². The second-order valence-electron chi connectivity index (χ2n) is 7.22. The molecule has 3 rings (SSSR count). The van der Waals surface area contributed by atoms with E-state index in [9.17, 15) is 8.78 Å². The zero-order valence-electron chi connectivity index (χ0n) is 15.7. The van der Waals surface area contributed by atoms with Crippen molar-refractivity contribution in [1.82, 2.24) is 9.62 Å². The smallest absolute Gasteiger partial charge is 0.177 e. The Labute approximate surface area is 164 Å². The molecule has 0 amide bonds. The first-order valence-corrected chi connectivity index (χ1v) is 10.3. The van der Waals surface area contributed by atoms with Crippen LogP contribution in [0.5, 0.6) is 0 Å². The molecule has 3 nitrogen and oxygen atoms in total. The van der Waals surface area contributed by atoms with Gasteiger partial charge in [-0.15, -0.1) is 0 Å². The largest absolute Gasteiger partial charge is 0.317 e. The molecule has 1 aliphatic carbocycles. The lowest BCUT2D eigenvalue weighted by Crippen LogP contribution is -2.35. The monoisotopic (exact) mass is 389 g/mol. The topological polar surface area (TPSA) is 39.1 Å². The van der Waals surface area contributed by atoms with Crippen molar-refractivity contribution < 1.29 is 8.78 Å². The van der Waals surface area contributed by atoms with Crippen LogP contribution in [0.1, 0.15) is 56.7 Å². The number of hydrogen-bond donors (Lipinski definition) is 1. The number of benzene rings is 1. The Bertz CT molecular complexity index is 784. The Morgan fingerprint density at radius 2 is 2.11 bits per heavy atom. The summed E-state index contributed by atoms with van der Waals surface area (Å²) < 4.78 is 31.3. The first kappa shape index (κ1) is 19.9. The SMILES string of the molecule is CC(NC#N)c1cc(F)c(CN2SC(C3=CCCC=C3)CC[C@@H]2C)cc1F. The summed E-state index contributed by atoms with van der Waals surface area (Å²) >= 11 is 1.74. The maximum atomic E-state index is 14.6. The second kappa shape index (κ2) is 8.90. The van der Waals surface area contributed by atoms with Gasteiger partial charge in [0.05, 0.1) is 6.04 Å². The van der Waals surface area contributed by atoms with Gasteiger partial charge >= 0.3 is 0 Å². The minimum Gasteiger partial charge on any atom is -0.317 e. The summed E-state index contributed by atoms with van der Waals surface area (Å²) in [6.07, 6.45) is 12.8. The van der Waals surface area contributed by atoms with Crippen LogP contribution in [0.3, 0.4) is 0 Å². The van der Waals surface area contributed by atoms with Gasteiger partial charge in [-0.05, 0) is 57.2 Å². The quantitative estimate of drug-likeness (QED) is 0.417. The van der Waals surface area contributed by atoms with Crippen molar-refractivity contribution in [3.63, 3.8) is 0 Å². The normalized spacial score (nSPS) is 24.2. The molecule has 1 fully saturated rings. The van der Waals surface area contributed by atoms with Crippen LogP contribution in [-0.2, 0) is 6.54 Å². The number of nitrogens with one attached hydrogen (secondary N) is 1. The van der Waals surface area contributed by atoms with Crippen LogP contribution in [0.4, 0.5) is 8.78 Å². The maximum absolute atomic E-state index is 14.6. The van der Waals surface area contributed by atoms with Gasteiger partial charge in [-0.2, -0.15) is 5.26 Å². The van der Waals surface area contributed by atoms with Crippen LogP contribution in [0.2, 0.25) is 0 Å². The highest BCUT2D eigenvalue weighted by atomic mass is 32.2. The molecule has 2 unspecified atom stereocenters. The van der Waals surface area contributed by atoms with Crippen LogP contribution in [-0.4, -0.2) is 15.6 Å². The molecule has 0 radical (unpaired) electrons. The fourth-order valence-corrected chi connectivity index (χ4v) is 4.94. The Kier molecular flexibility index (Phi) is 6.56. The summed E-state index contributed by atoms with van der Waals surface area (Å²) in [5, 5.41) is 11.5. The predicted octanol–water partition coefficient (Wildman–Crippen LogP) is 5.37. The average molecular weight is 390 g/mol. The number of nitrogens with zero attached hydrogens (tertiary/aromatic N) is 2. The van der Waals surface area contributed by atoms with Crippen molar-refractivity contribution in [3.8, 4) is 6.19 Å². The highest BCUT2D eigenvalue weighted by molar-refractivity contribution is 7.97. The van der Waals surface area contributed by atoms with Crippen LogP contribution in [0, 0.1) is 23.1 Å². The van der Waals surface area contributed by atoms with E-state index in [0.717, 1.165) is 25.7 Å². The highest BCUT2D eigenvalue weighted by Crippen LogP contribution is 2.38. The van der Waals surface area contributed by atoms with Crippen molar-refractivity contribution in [1.29, 1.82) is 5.26 Å². The fraction of sp³-hybridized carbons (Fsp3) is 0.476. The van der Waals surface area contributed by atoms with Crippen molar-refractivity contribution >= 4 is 11.9 Å². The molecule has 0 spiro atoms. The van der Waals surface area contributed by atoms with Gasteiger partial charge in [-0.3, -0.25) is 0 Å². The standard InChI is InChI=1S/C21H25F2N3S/c1-14-8-9-21(16-6-4-3-5-7-16)27-26(14)12-17-10-20(23)18(11-19(17)22)15(2)25-13-24/h4,6-7,10-11,14-15,21,25H,3,5,8-9,12H2,1-2H3/t14-,15?,21?/m0/s1. The average Bonchev–Trinajstić information content (AvgIpc) is 2.67. The third kappa shape index (κ3) is 4.72. The summed E-state index contributed by atoms with van der Waals surface area (Å²) in [7, 11) is 0. The van der Waals surface area contributed by atoms with Crippen molar-refractivity contribution in [2.45, 2.75) is 63.4 Å². The Hall–Kier alpha value is -1.84. The molecule has 1 aromatic rings. The number of nitriles is 1. The van der Waals surface area contributed by atoms with E-state index >= 15 is 0 Å². The van der Waals surface area contributed by atoms with Crippen molar-refractivity contribution in [2.75, 3.05) is 0 Å². The highest BCUT2D eigenvalue weighted by Gasteiger charge is 2.29. The lowest BCUT2D eigenvalue weighted by Gasteiger charge is -2.37. The molecule has 1 aliphatic heterocycles. The Balaban J connectivity index is 1.75. The van der Waals surface area contributed by atoms with Crippen LogP contribution in [0.15, 0.2) is 35.9 Å². The van der Waals surface area contributed by atoms with Crippen LogP contribution in [0.25, 0.3) is 0 Å². The zero-order chi connectivity index (χ0) is 19.4. The van der Waals surface area contributed by atoms with Crippen molar-refractivity contribution in [2.24, 2.45) is 0 Å². The molecule has 1 saturated heterocycles. The third-order valence-electron chi connectivity index (χ3n) is 5.24. The molecule has 0 bridgehead atoms. The van der Waals surface area contributed by atoms with E-state index in [0.29, 0.717) is 23.4 Å². The summed E-state index contributed by atoms with van der Waals surface area (Å²) in [5.41, 5.74) is 1.88. The van der Waals surface area contributed by atoms with E-state index in [4.69, 9.17) is 5.26 Å². The van der Waals surface area contributed by atoms with E-state index in [2.05, 4.69) is 34.8 Å². The van der Waals surface area contributed by atoms with E-state index in [1.807, 2.05) is 0 Å². The summed E-state index contributed by atoms with van der Waals surface area (Å²) in [6.45, 7) is 4.14. The Morgan fingerprint density at radius 3 is 2.81 bits per heavy atom. The number of hydrogen-bond acceptors (Lipinski definition) is 4. The molecule has 6 heteroatoms. The first-order valence-electron chi connectivity index (χ1n) is 9.42. The molecule has 0 saturated carbocycles. The maximum Gasteiger partial charge on any atom is 0.177 e. The summed E-state index contributed by atoms with van der Waals surface area (Å²) in [6, 6.07) is 2.23. The summed E-state index contributed by atoms with van der Waals surface area (Å²) in [4.78, 5) is 0. The van der Waals surface area contributed by atoms with Gasteiger partial charge in [0, 0.05) is 29.0 Å². The molecular weight excluding hydrogens is 364 g/mol. The molecule has 144 valence electrons. The van der Waals surface area contributed by atoms with Crippen LogP contribution < -0.4 is 5.32 Å². The van der Waals surface area contributed by atoms with Crippen molar-refractivity contribution in [3.05, 3.63) is 58.7 Å². The van der Waals surface area contributed by atoms with Gasteiger partial charge in [0.25, 0.3) is 0 Å². The molecule has 3 atom stereocenters. The van der Waals surface area contributed by atoms with Gasteiger partial charge in [-0.25, -0.2) is 13.1 Å². The molecular formula is C21H25F2N3S. The molecule has 1 aromatic carbocycles. The molecule has 0 aromatic heterocycles. The number of halogens is 2.